The number of hydrogen-bond donors (Lipinski definition) is 1. The van der Waals surface area contributed by atoms with E-state index in [-0.39, 0.29) is 5.57 Å². The van der Waals surface area contributed by atoms with Gasteiger partial charge in [-0.15, -0.1) is 0 Å². The Bertz CT molecular complexity index is 444. The van der Waals surface area contributed by atoms with Gasteiger partial charge in [-0.3, -0.25) is 9.59 Å². The van der Waals surface area contributed by atoms with Crippen LogP contribution in [0.3, 0.4) is 0 Å². The normalized spacial score (nSPS) is 20.4. The lowest BCUT2D eigenvalue weighted by Crippen LogP contribution is -2.43. The number of carbonyl (C=O) groups is 3. The van der Waals surface area contributed by atoms with E-state index in [2.05, 4.69) is 0 Å². The number of nitrogens with zero attached hydrogens (tertiary/aromatic N) is 1. The molecule has 1 N–H and O–H groups in total. The summed E-state index contributed by atoms with van der Waals surface area (Å²) in [5, 5.41) is 9.70. The highest BCUT2D eigenvalue weighted by Crippen LogP contribution is 2.26. The third-order valence-corrected chi connectivity index (χ3v) is 2.41. The zero-order chi connectivity index (χ0) is 14.2. The van der Waals surface area contributed by atoms with Crippen molar-refractivity contribution in [2.24, 2.45) is 0 Å². The summed E-state index contributed by atoms with van der Waals surface area (Å²) in [5.41, 5.74) is -1.11. The van der Waals surface area contributed by atoms with Crippen molar-refractivity contribution in [2.75, 3.05) is 0 Å². The quantitative estimate of drug-likeness (QED) is 0.719. The van der Waals surface area contributed by atoms with Gasteiger partial charge in [0.15, 0.2) is 5.78 Å². The number of ketones is 1. The van der Waals surface area contributed by atoms with Crippen LogP contribution in [0, 0.1) is 0 Å². The summed E-state index contributed by atoms with van der Waals surface area (Å²) in [6, 6.07) is -0.883. The number of rotatable bonds is 1. The van der Waals surface area contributed by atoms with Crippen molar-refractivity contribution in [3.8, 4) is 0 Å². The van der Waals surface area contributed by atoms with Crippen LogP contribution in [0.1, 0.15) is 34.6 Å². The number of Topliss-reactive ketones (excluding diaryl/α,β-unsaturated/α-hetero) is 1. The second-order valence-electron chi connectivity index (χ2n) is 5.15. The summed E-state index contributed by atoms with van der Waals surface area (Å²) in [4.78, 5) is 35.7. The second-order valence-corrected chi connectivity index (χ2v) is 5.15. The van der Waals surface area contributed by atoms with Crippen molar-refractivity contribution in [1.82, 2.24) is 4.90 Å². The van der Waals surface area contributed by atoms with E-state index in [0.29, 0.717) is 0 Å². The predicted molar refractivity (Wildman–Crippen MR) is 62.9 cm³/mol. The molecule has 0 radical (unpaired) electrons. The van der Waals surface area contributed by atoms with Crippen LogP contribution in [-0.4, -0.2) is 39.4 Å². The molecule has 1 unspecified atom stereocenters. The van der Waals surface area contributed by atoms with Crippen LogP contribution in [0.2, 0.25) is 0 Å². The fourth-order valence-electron chi connectivity index (χ4n) is 1.62. The van der Waals surface area contributed by atoms with Crippen LogP contribution in [0.5, 0.6) is 0 Å². The summed E-state index contributed by atoms with van der Waals surface area (Å²) in [5.74, 6) is -1.78. The first-order valence-electron chi connectivity index (χ1n) is 5.57. The van der Waals surface area contributed by atoms with E-state index in [1.165, 1.54) is 6.92 Å². The van der Waals surface area contributed by atoms with Gasteiger partial charge in [-0.1, -0.05) is 0 Å². The average Bonchev–Trinajstić information content (AvgIpc) is 2.34. The number of hydrogen-bond acceptors (Lipinski definition) is 5. The molecule has 0 aromatic rings. The zero-order valence-corrected chi connectivity index (χ0v) is 11.1. The minimum atomic E-state index is -0.883. The Morgan fingerprint density at radius 2 is 1.83 bits per heavy atom. The van der Waals surface area contributed by atoms with E-state index in [1.54, 1.807) is 20.8 Å². The lowest BCUT2D eigenvalue weighted by Gasteiger charge is -2.25. The van der Waals surface area contributed by atoms with Gasteiger partial charge in [-0.05, 0) is 34.6 Å². The Morgan fingerprint density at radius 1 is 1.33 bits per heavy atom. The number of imide groups is 1. The van der Waals surface area contributed by atoms with Crippen LogP contribution >= 0.6 is 0 Å². The highest BCUT2D eigenvalue weighted by Gasteiger charge is 2.44. The molecule has 6 heteroatoms. The highest BCUT2D eigenvalue weighted by atomic mass is 16.6. The predicted octanol–water partition coefficient (Wildman–Crippen LogP) is 1.55. The summed E-state index contributed by atoms with van der Waals surface area (Å²) in [7, 11) is 0. The first-order valence-corrected chi connectivity index (χ1v) is 5.57. The van der Waals surface area contributed by atoms with Crippen molar-refractivity contribution in [3.05, 3.63) is 11.3 Å². The minimum absolute atomic E-state index is 0.353. The van der Waals surface area contributed by atoms with E-state index in [0.717, 1.165) is 11.8 Å². The molecule has 0 bridgehead atoms. The first kappa shape index (κ1) is 14.2. The Balaban J connectivity index is 3.00. The van der Waals surface area contributed by atoms with Crippen LogP contribution < -0.4 is 0 Å². The number of ether oxygens (including phenoxy) is 1. The largest absolute Gasteiger partial charge is 0.509 e. The summed E-state index contributed by atoms with van der Waals surface area (Å²) in [6.45, 7) is 7.60. The van der Waals surface area contributed by atoms with Crippen molar-refractivity contribution in [2.45, 2.75) is 46.3 Å². The topological polar surface area (TPSA) is 83.9 Å². The minimum Gasteiger partial charge on any atom is -0.509 e. The second kappa shape index (κ2) is 4.44. The molecule has 0 saturated carbocycles. The maximum Gasteiger partial charge on any atom is 0.418 e. The monoisotopic (exact) mass is 255 g/mol. The Kier molecular flexibility index (Phi) is 3.50. The maximum absolute atomic E-state index is 11.9. The summed E-state index contributed by atoms with van der Waals surface area (Å²) < 4.78 is 5.06. The lowest BCUT2D eigenvalue weighted by molar-refractivity contribution is -0.127. The molecule has 0 saturated heterocycles. The number of carbonyl (C=O) groups excluding carboxylic acids is 3. The van der Waals surface area contributed by atoms with Gasteiger partial charge in [0, 0.05) is 0 Å². The molecule has 0 aromatic carbocycles. The average molecular weight is 255 g/mol. The van der Waals surface area contributed by atoms with E-state index >= 15 is 0 Å². The molecule has 100 valence electrons. The maximum atomic E-state index is 11.9. The fraction of sp³-hybridized carbons (Fsp3) is 0.583. The molecule has 1 heterocycles. The molecule has 0 aliphatic carbocycles. The summed E-state index contributed by atoms with van der Waals surface area (Å²) in [6.07, 6.45) is -0.872. The molecule has 1 atom stereocenters. The lowest BCUT2D eigenvalue weighted by atomic mass is 10.1. The van der Waals surface area contributed by atoms with Gasteiger partial charge >= 0.3 is 6.09 Å². The van der Waals surface area contributed by atoms with Crippen molar-refractivity contribution < 1.29 is 24.2 Å². The Hall–Kier alpha value is -1.85. The van der Waals surface area contributed by atoms with Gasteiger partial charge < -0.3 is 9.84 Å². The van der Waals surface area contributed by atoms with Crippen molar-refractivity contribution >= 4 is 17.8 Å². The third-order valence-electron chi connectivity index (χ3n) is 2.41. The van der Waals surface area contributed by atoms with Gasteiger partial charge in [-0.25, -0.2) is 9.69 Å². The fourth-order valence-corrected chi connectivity index (χ4v) is 1.62. The molecule has 1 aliphatic heterocycles. The van der Waals surface area contributed by atoms with Crippen LogP contribution in [0.15, 0.2) is 11.3 Å². The molecular weight excluding hydrogens is 238 g/mol. The third kappa shape index (κ3) is 2.52. The molecule has 6 nitrogen and oxygen atoms in total. The smallest absolute Gasteiger partial charge is 0.418 e. The van der Waals surface area contributed by atoms with Gasteiger partial charge in [0.05, 0.1) is 6.04 Å². The van der Waals surface area contributed by atoms with E-state index in [9.17, 15) is 19.5 Å². The van der Waals surface area contributed by atoms with Gasteiger partial charge in [-0.2, -0.15) is 0 Å². The molecule has 0 fully saturated rings. The van der Waals surface area contributed by atoms with Gasteiger partial charge in [0.1, 0.15) is 16.9 Å². The molecule has 2 amide bonds. The SMILES string of the molecule is CC(=O)C1=C(O)C(C)N(C(=O)OC(C)(C)C)C1=O. The highest BCUT2D eigenvalue weighted by molar-refractivity contribution is 6.23. The van der Waals surface area contributed by atoms with Crippen LogP contribution in [0.25, 0.3) is 0 Å². The van der Waals surface area contributed by atoms with Crippen LogP contribution in [0.4, 0.5) is 4.79 Å². The molecule has 0 aromatic heterocycles. The zero-order valence-electron chi connectivity index (χ0n) is 11.1. The van der Waals surface area contributed by atoms with Crippen LogP contribution in [-0.2, 0) is 14.3 Å². The first-order chi connectivity index (χ1) is 8.06. The number of aliphatic hydroxyl groups excluding tert-OH is 1. The Labute approximate surface area is 105 Å². The molecule has 18 heavy (non-hydrogen) atoms. The van der Waals surface area contributed by atoms with Crippen molar-refractivity contribution in [1.29, 1.82) is 0 Å². The van der Waals surface area contributed by atoms with Crippen molar-refractivity contribution in [3.63, 3.8) is 0 Å². The van der Waals surface area contributed by atoms with E-state index < -0.39 is 35.2 Å². The molecule has 0 spiro atoms. The molecule has 1 rings (SSSR count). The van der Waals surface area contributed by atoms with Gasteiger partial charge in [0.2, 0.25) is 0 Å². The Morgan fingerprint density at radius 3 is 2.17 bits per heavy atom. The summed E-state index contributed by atoms with van der Waals surface area (Å²) >= 11 is 0. The van der Waals surface area contributed by atoms with E-state index in [4.69, 9.17) is 4.74 Å². The molecular formula is C12H17NO5. The van der Waals surface area contributed by atoms with Gasteiger partial charge in [0.25, 0.3) is 5.91 Å². The number of amides is 2. The molecule has 1 aliphatic rings. The number of aliphatic hydroxyl groups is 1. The standard InChI is InChI=1S/C12H17NO5/c1-6-9(15)8(7(2)14)10(16)13(6)11(17)18-12(3,4)5/h6,15H,1-5H3. The van der Waals surface area contributed by atoms with E-state index in [1.807, 2.05) is 0 Å².